The maximum atomic E-state index is 12.2. The topological polar surface area (TPSA) is 102 Å². The van der Waals surface area contributed by atoms with Crippen molar-refractivity contribution < 1.29 is 13.2 Å². The molecule has 0 aliphatic heterocycles. The van der Waals surface area contributed by atoms with Crippen LogP contribution in [0.1, 0.15) is 5.56 Å². The lowest BCUT2D eigenvalue weighted by atomic mass is 10.3. The van der Waals surface area contributed by atoms with Crippen LogP contribution in [-0.4, -0.2) is 26.2 Å². The molecule has 2 aromatic rings. The zero-order chi connectivity index (χ0) is 15.6. The monoisotopic (exact) mass is 322 g/mol. The number of nitrogen functional groups attached to an aromatic ring is 1. The quantitative estimate of drug-likeness (QED) is 0.789. The highest BCUT2D eigenvalue weighted by atomic mass is 35.5. The van der Waals surface area contributed by atoms with Crippen LogP contribution < -0.4 is 16.6 Å². The minimum atomic E-state index is -4.56. The fourth-order valence-electron chi connectivity index (χ4n) is 1.52. The Morgan fingerprint density at radius 2 is 2.14 bits per heavy atom. The molecule has 0 saturated carbocycles. The largest absolute Gasteiger partial charge is 0.408 e. The van der Waals surface area contributed by atoms with E-state index in [4.69, 9.17) is 17.3 Å². The Hall–Kier alpha value is -2.23. The Balaban J connectivity index is 2.17. The summed E-state index contributed by atoms with van der Waals surface area (Å²) >= 11 is 5.75. The Morgan fingerprint density at radius 3 is 2.71 bits per heavy atom. The lowest BCUT2D eigenvalue weighted by Crippen LogP contribution is -2.30. The van der Waals surface area contributed by atoms with Crippen molar-refractivity contribution in [2.45, 2.75) is 19.3 Å². The van der Waals surface area contributed by atoms with Crippen LogP contribution in [0.4, 0.5) is 24.7 Å². The highest BCUT2D eigenvalue weighted by Gasteiger charge is 2.29. The van der Waals surface area contributed by atoms with Crippen LogP contribution >= 0.6 is 11.6 Å². The van der Waals surface area contributed by atoms with Gasteiger partial charge in [-0.1, -0.05) is 11.6 Å². The first-order valence-corrected chi connectivity index (χ1v) is 5.99. The summed E-state index contributed by atoms with van der Waals surface area (Å²) in [7, 11) is 0. The predicted octanol–water partition coefficient (Wildman–Crippen LogP) is 1.38. The Kier molecular flexibility index (Phi) is 4.07. The molecule has 2 aromatic heterocycles. The minimum absolute atomic E-state index is 0.112. The third kappa shape index (κ3) is 3.66. The van der Waals surface area contributed by atoms with Crippen molar-refractivity contribution in [3.05, 3.63) is 33.3 Å². The van der Waals surface area contributed by atoms with E-state index in [1.165, 1.54) is 6.20 Å². The fourth-order valence-corrected chi connectivity index (χ4v) is 1.74. The number of hydrogen-bond acceptors (Lipinski definition) is 5. The number of anilines is 2. The first-order chi connectivity index (χ1) is 9.78. The fraction of sp³-hybridized carbons (Fsp3) is 0.300. The number of alkyl halides is 3. The molecule has 114 valence electrons. The number of nitrogens with one attached hydrogen (secondary N) is 2. The highest BCUT2D eigenvalue weighted by molar-refractivity contribution is 6.32. The van der Waals surface area contributed by atoms with Crippen molar-refractivity contribution in [3.63, 3.8) is 0 Å². The van der Waals surface area contributed by atoms with Crippen molar-refractivity contribution in [3.8, 4) is 0 Å². The van der Waals surface area contributed by atoms with Gasteiger partial charge in [-0.25, -0.2) is 4.68 Å². The maximum absolute atomic E-state index is 12.2. The molecule has 0 aliphatic rings. The van der Waals surface area contributed by atoms with Gasteiger partial charge in [-0.2, -0.15) is 23.4 Å². The van der Waals surface area contributed by atoms with Crippen molar-refractivity contribution in [2.75, 3.05) is 11.1 Å². The van der Waals surface area contributed by atoms with Crippen LogP contribution in [0.5, 0.6) is 0 Å². The molecule has 0 radical (unpaired) electrons. The van der Waals surface area contributed by atoms with Crippen molar-refractivity contribution in [1.82, 2.24) is 20.0 Å². The summed E-state index contributed by atoms with van der Waals surface area (Å²) in [5.74, 6) is 0.331. The molecule has 0 bridgehead atoms. The second-order valence-corrected chi connectivity index (χ2v) is 4.49. The smallest absolute Gasteiger partial charge is 0.384 e. The number of H-pyrrole nitrogens is 1. The van der Waals surface area contributed by atoms with Gasteiger partial charge in [-0.05, 0) is 0 Å². The van der Waals surface area contributed by atoms with E-state index in [0.29, 0.717) is 11.4 Å². The van der Waals surface area contributed by atoms with Gasteiger partial charge in [0.25, 0.3) is 5.56 Å². The summed E-state index contributed by atoms with van der Waals surface area (Å²) in [5.41, 5.74) is 5.27. The van der Waals surface area contributed by atoms with E-state index in [1.807, 2.05) is 0 Å². The molecule has 0 spiro atoms. The number of hydrogen-bond donors (Lipinski definition) is 3. The maximum Gasteiger partial charge on any atom is 0.408 e. The molecule has 0 fully saturated rings. The molecule has 2 heterocycles. The van der Waals surface area contributed by atoms with Crippen molar-refractivity contribution in [1.29, 1.82) is 0 Å². The summed E-state index contributed by atoms with van der Waals surface area (Å²) in [6.07, 6.45) is -2.04. The number of halogens is 4. The third-order valence-corrected chi connectivity index (χ3v) is 2.90. The van der Waals surface area contributed by atoms with Gasteiger partial charge in [-0.3, -0.25) is 9.89 Å². The Bertz CT molecular complexity index is 695. The molecule has 11 heteroatoms. The Morgan fingerprint density at radius 1 is 1.43 bits per heavy atom. The van der Waals surface area contributed by atoms with Gasteiger partial charge in [0.05, 0.1) is 18.1 Å². The first-order valence-electron chi connectivity index (χ1n) is 5.62. The summed E-state index contributed by atoms with van der Waals surface area (Å²) in [5, 5.41) is 12.0. The van der Waals surface area contributed by atoms with E-state index in [-0.39, 0.29) is 21.9 Å². The van der Waals surface area contributed by atoms with E-state index in [9.17, 15) is 18.0 Å². The molecular weight excluding hydrogens is 313 g/mol. The number of rotatable bonds is 4. The van der Waals surface area contributed by atoms with Crippen LogP contribution in [0, 0.1) is 0 Å². The van der Waals surface area contributed by atoms with Gasteiger partial charge in [0.1, 0.15) is 17.4 Å². The van der Waals surface area contributed by atoms with Crippen LogP contribution in [0.3, 0.4) is 0 Å². The Labute approximate surface area is 120 Å². The SMILES string of the molecule is Nc1[nH]ncc1CNc1cnn(CC(F)(F)F)c(=O)c1Cl. The minimum Gasteiger partial charge on any atom is -0.384 e. The van der Waals surface area contributed by atoms with Gasteiger partial charge in [0.15, 0.2) is 0 Å². The molecule has 0 saturated heterocycles. The summed E-state index contributed by atoms with van der Waals surface area (Å²) in [6, 6.07) is 0. The van der Waals surface area contributed by atoms with E-state index >= 15 is 0 Å². The molecule has 4 N–H and O–H groups in total. The molecule has 0 aromatic carbocycles. The number of nitrogens with two attached hydrogens (primary N) is 1. The lowest BCUT2D eigenvalue weighted by molar-refractivity contribution is -0.143. The number of aromatic amines is 1. The first kappa shape index (κ1) is 15.2. The molecule has 0 atom stereocenters. The highest BCUT2D eigenvalue weighted by Crippen LogP contribution is 2.20. The summed E-state index contributed by atoms with van der Waals surface area (Å²) < 4.78 is 37.0. The van der Waals surface area contributed by atoms with E-state index < -0.39 is 18.3 Å². The normalized spacial score (nSPS) is 11.6. The molecule has 2 rings (SSSR count). The second-order valence-electron chi connectivity index (χ2n) is 4.11. The molecule has 0 unspecified atom stereocenters. The number of aromatic nitrogens is 4. The third-order valence-electron chi connectivity index (χ3n) is 2.53. The van der Waals surface area contributed by atoms with E-state index in [0.717, 1.165) is 6.20 Å². The zero-order valence-corrected chi connectivity index (χ0v) is 11.2. The molecule has 0 amide bonds. The van der Waals surface area contributed by atoms with E-state index in [1.54, 1.807) is 0 Å². The average molecular weight is 323 g/mol. The van der Waals surface area contributed by atoms with Gasteiger partial charge in [0, 0.05) is 12.1 Å². The summed E-state index contributed by atoms with van der Waals surface area (Å²) in [4.78, 5) is 11.7. The average Bonchev–Trinajstić information content (AvgIpc) is 2.78. The van der Waals surface area contributed by atoms with E-state index in [2.05, 4.69) is 20.6 Å². The zero-order valence-electron chi connectivity index (χ0n) is 10.4. The van der Waals surface area contributed by atoms with Crippen LogP contribution in [-0.2, 0) is 13.1 Å². The van der Waals surface area contributed by atoms with Gasteiger partial charge >= 0.3 is 6.18 Å². The van der Waals surface area contributed by atoms with Gasteiger partial charge < -0.3 is 11.1 Å². The molecular formula is C10H10ClF3N6O. The standard InChI is InChI=1S/C10H10ClF3N6O/c11-7-6(16-1-5-2-17-19-8(5)15)3-18-20(9(7)21)4-10(12,13)14/h2-3,16H,1,4H2,(H3,15,17,19). The molecule has 7 nitrogen and oxygen atoms in total. The second kappa shape index (κ2) is 5.64. The van der Waals surface area contributed by atoms with Crippen molar-refractivity contribution in [2.24, 2.45) is 0 Å². The number of nitrogens with zero attached hydrogens (tertiary/aromatic N) is 3. The van der Waals surface area contributed by atoms with Gasteiger partial charge in [-0.15, -0.1) is 0 Å². The molecule has 0 aliphatic carbocycles. The lowest BCUT2D eigenvalue weighted by Gasteiger charge is -2.11. The van der Waals surface area contributed by atoms with Crippen LogP contribution in [0.15, 0.2) is 17.2 Å². The molecule has 21 heavy (non-hydrogen) atoms. The summed E-state index contributed by atoms with van der Waals surface area (Å²) in [6.45, 7) is -1.31. The van der Waals surface area contributed by atoms with Gasteiger partial charge in [0.2, 0.25) is 0 Å². The van der Waals surface area contributed by atoms with Crippen LogP contribution in [0.25, 0.3) is 0 Å². The van der Waals surface area contributed by atoms with Crippen LogP contribution in [0.2, 0.25) is 5.02 Å². The predicted molar refractivity (Wildman–Crippen MR) is 69.9 cm³/mol. The van der Waals surface area contributed by atoms with Crippen molar-refractivity contribution >= 4 is 23.1 Å².